The lowest BCUT2D eigenvalue weighted by Gasteiger charge is -2.28. The van der Waals surface area contributed by atoms with Crippen LogP contribution >= 0.6 is 15.9 Å². The fraction of sp³-hybridized carbons (Fsp3) is 0.500. The molecule has 1 rings (SSSR count). The van der Waals surface area contributed by atoms with Crippen molar-refractivity contribution < 1.29 is 19.1 Å². The molecule has 0 spiro atoms. The Bertz CT molecular complexity index is 678. The fourth-order valence-corrected chi connectivity index (χ4v) is 2.28. The van der Waals surface area contributed by atoms with Crippen molar-refractivity contribution in [3.8, 4) is 0 Å². The van der Waals surface area contributed by atoms with Crippen LogP contribution in [0.25, 0.3) is 0 Å². The van der Waals surface area contributed by atoms with E-state index in [0.29, 0.717) is 0 Å². The zero-order chi connectivity index (χ0) is 20.1. The molecule has 1 aromatic rings. The molecule has 144 valence electrons. The highest BCUT2D eigenvalue weighted by Gasteiger charge is 2.27. The average molecular weight is 428 g/mol. The molecule has 0 bridgehead atoms. The lowest BCUT2D eigenvalue weighted by atomic mass is 10.2. The molecule has 2 amide bonds. The Hall–Kier alpha value is -2.09. The third kappa shape index (κ3) is 8.33. The van der Waals surface area contributed by atoms with Crippen molar-refractivity contribution in [2.24, 2.45) is 0 Å². The molecule has 0 aliphatic heterocycles. The molecule has 1 aromatic carbocycles. The maximum Gasteiger partial charge on any atom is 0.417 e. The number of alkyl carbamates (subject to hydrolysis) is 1. The summed E-state index contributed by atoms with van der Waals surface area (Å²) in [6.45, 7) is 10.4. The van der Waals surface area contributed by atoms with Gasteiger partial charge in [0.2, 0.25) is 5.96 Å². The van der Waals surface area contributed by atoms with E-state index in [1.165, 1.54) is 0 Å². The van der Waals surface area contributed by atoms with Gasteiger partial charge in [0.1, 0.15) is 11.2 Å². The Balaban J connectivity index is 2.97. The SMILES string of the molecule is CC(C)(C)OC(=O)NC(=N)N(Cc1cccc(Br)c1)C(=O)OC(C)(C)C. The summed E-state index contributed by atoms with van der Waals surface area (Å²) in [7, 11) is 0. The molecule has 0 saturated carbocycles. The van der Waals surface area contributed by atoms with Gasteiger partial charge in [0.15, 0.2) is 0 Å². The number of ether oxygens (including phenoxy) is 2. The predicted molar refractivity (Wildman–Crippen MR) is 103 cm³/mol. The summed E-state index contributed by atoms with van der Waals surface area (Å²) in [4.78, 5) is 25.5. The topological polar surface area (TPSA) is 91.7 Å². The van der Waals surface area contributed by atoms with Gasteiger partial charge >= 0.3 is 12.2 Å². The maximum absolute atomic E-state index is 12.5. The lowest BCUT2D eigenvalue weighted by molar-refractivity contribution is 0.0346. The van der Waals surface area contributed by atoms with Crippen molar-refractivity contribution in [1.29, 1.82) is 5.41 Å². The Kier molecular flexibility index (Phi) is 7.20. The molecule has 8 heteroatoms. The van der Waals surface area contributed by atoms with Gasteiger partial charge in [-0.1, -0.05) is 28.1 Å². The van der Waals surface area contributed by atoms with Crippen molar-refractivity contribution >= 4 is 34.1 Å². The van der Waals surface area contributed by atoms with Gasteiger partial charge in [-0.25, -0.2) is 14.5 Å². The van der Waals surface area contributed by atoms with Gasteiger partial charge in [0.05, 0.1) is 6.54 Å². The van der Waals surface area contributed by atoms with Crippen LogP contribution in [0.3, 0.4) is 0 Å². The number of hydrogen-bond donors (Lipinski definition) is 2. The van der Waals surface area contributed by atoms with Gasteiger partial charge in [0.25, 0.3) is 0 Å². The largest absolute Gasteiger partial charge is 0.444 e. The highest BCUT2D eigenvalue weighted by molar-refractivity contribution is 9.10. The quantitative estimate of drug-likeness (QED) is 0.530. The molecule has 0 atom stereocenters. The first-order chi connectivity index (χ1) is 11.8. The molecule has 7 nitrogen and oxygen atoms in total. The van der Waals surface area contributed by atoms with Gasteiger partial charge in [0, 0.05) is 4.47 Å². The predicted octanol–water partition coefficient (Wildman–Crippen LogP) is 4.65. The number of halogens is 1. The number of amides is 2. The minimum absolute atomic E-state index is 0.0585. The van der Waals surface area contributed by atoms with Crippen molar-refractivity contribution in [3.63, 3.8) is 0 Å². The number of nitrogens with one attached hydrogen (secondary N) is 2. The maximum atomic E-state index is 12.5. The van der Waals surface area contributed by atoms with Crippen molar-refractivity contribution in [3.05, 3.63) is 34.3 Å². The van der Waals surface area contributed by atoms with Crippen LogP contribution in [0.2, 0.25) is 0 Å². The molecule has 0 saturated heterocycles. The first kappa shape index (κ1) is 22.0. The molecule has 26 heavy (non-hydrogen) atoms. The molecule has 0 unspecified atom stereocenters. The summed E-state index contributed by atoms with van der Waals surface area (Å²) in [5, 5.41) is 10.4. The van der Waals surface area contributed by atoms with Crippen LogP contribution in [0, 0.1) is 5.41 Å². The van der Waals surface area contributed by atoms with Gasteiger partial charge in [-0.2, -0.15) is 0 Å². The summed E-state index contributed by atoms with van der Waals surface area (Å²) in [6.07, 6.45) is -1.55. The highest BCUT2D eigenvalue weighted by Crippen LogP contribution is 2.16. The summed E-state index contributed by atoms with van der Waals surface area (Å²) < 4.78 is 11.3. The second-order valence-corrected chi connectivity index (χ2v) is 8.59. The van der Waals surface area contributed by atoms with E-state index < -0.39 is 29.3 Å². The van der Waals surface area contributed by atoms with E-state index in [1.54, 1.807) is 41.5 Å². The summed E-state index contributed by atoms with van der Waals surface area (Å²) in [6, 6.07) is 7.30. The Morgan fingerprint density at radius 3 is 2.19 bits per heavy atom. The van der Waals surface area contributed by atoms with E-state index >= 15 is 0 Å². The van der Waals surface area contributed by atoms with E-state index in [4.69, 9.17) is 14.9 Å². The summed E-state index contributed by atoms with van der Waals surface area (Å²) >= 11 is 3.37. The number of benzene rings is 1. The third-order valence-corrected chi connectivity index (χ3v) is 3.23. The zero-order valence-electron chi connectivity index (χ0n) is 16.0. The van der Waals surface area contributed by atoms with Crippen LogP contribution in [0.4, 0.5) is 9.59 Å². The normalized spacial score (nSPS) is 11.5. The molecule has 2 N–H and O–H groups in total. The Labute approximate surface area is 162 Å². The van der Waals surface area contributed by atoms with Gasteiger partial charge < -0.3 is 9.47 Å². The first-order valence-corrected chi connectivity index (χ1v) is 8.90. The van der Waals surface area contributed by atoms with Gasteiger partial charge in [-0.3, -0.25) is 10.7 Å². The molecular weight excluding hydrogens is 402 g/mol. The molecule has 0 aliphatic rings. The molecule has 0 heterocycles. The van der Waals surface area contributed by atoms with Crippen LogP contribution in [0.5, 0.6) is 0 Å². The minimum atomic E-state index is -0.815. The fourth-order valence-electron chi connectivity index (χ4n) is 1.84. The van der Waals surface area contributed by atoms with E-state index in [9.17, 15) is 9.59 Å². The summed E-state index contributed by atoms with van der Waals surface area (Å²) in [5.41, 5.74) is -0.689. The van der Waals surface area contributed by atoms with E-state index in [1.807, 2.05) is 24.3 Å². The molecule has 0 aromatic heterocycles. The van der Waals surface area contributed by atoms with E-state index in [0.717, 1.165) is 14.9 Å². The molecule has 0 radical (unpaired) electrons. The Morgan fingerprint density at radius 1 is 1.12 bits per heavy atom. The monoisotopic (exact) mass is 427 g/mol. The standard InChI is InChI=1S/C18H26BrN3O4/c1-17(2,3)25-15(23)21-14(20)22(16(24)26-18(4,5)6)11-12-8-7-9-13(19)10-12/h7-10H,11H2,1-6H3,(H2,20,21,23). The molecule has 0 aliphatic carbocycles. The number of carbonyl (C=O) groups excluding carboxylic acids is 2. The van der Waals surface area contributed by atoms with Gasteiger partial charge in [-0.15, -0.1) is 0 Å². The smallest absolute Gasteiger partial charge is 0.417 e. The number of guanidine groups is 1. The third-order valence-electron chi connectivity index (χ3n) is 2.73. The van der Waals surface area contributed by atoms with E-state index in [2.05, 4.69) is 21.2 Å². The highest BCUT2D eigenvalue weighted by atomic mass is 79.9. The summed E-state index contributed by atoms with van der Waals surface area (Å²) in [5.74, 6) is -0.423. The van der Waals surface area contributed by atoms with E-state index in [-0.39, 0.29) is 6.54 Å². The number of nitrogens with zero attached hydrogens (tertiary/aromatic N) is 1. The van der Waals surface area contributed by atoms with Crippen LogP contribution in [-0.2, 0) is 16.0 Å². The van der Waals surface area contributed by atoms with Gasteiger partial charge in [-0.05, 0) is 59.2 Å². The average Bonchev–Trinajstić information content (AvgIpc) is 2.40. The first-order valence-electron chi connectivity index (χ1n) is 8.10. The van der Waals surface area contributed by atoms with Crippen molar-refractivity contribution in [1.82, 2.24) is 10.2 Å². The van der Waals surface area contributed by atoms with Crippen LogP contribution in [0.15, 0.2) is 28.7 Å². The van der Waals surface area contributed by atoms with Crippen molar-refractivity contribution in [2.75, 3.05) is 0 Å². The Morgan fingerprint density at radius 2 is 1.69 bits per heavy atom. The number of carbonyl (C=O) groups is 2. The zero-order valence-corrected chi connectivity index (χ0v) is 17.6. The molecular formula is C18H26BrN3O4. The lowest BCUT2D eigenvalue weighted by Crippen LogP contribution is -2.49. The van der Waals surface area contributed by atoms with Crippen molar-refractivity contribution in [2.45, 2.75) is 59.3 Å². The number of hydrogen-bond acceptors (Lipinski definition) is 5. The van der Waals surface area contributed by atoms with Crippen LogP contribution in [0.1, 0.15) is 47.1 Å². The van der Waals surface area contributed by atoms with Crippen LogP contribution < -0.4 is 5.32 Å². The number of rotatable bonds is 2. The molecule has 0 fully saturated rings. The second-order valence-electron chi connectivity index (χ2n) is 7.67. The second kappa shape index (κ2) is 8.53. The van der Waals surface area contributed by atoms with Crippen LogP contribution in [-0.4, -0.2) is 34.2 Å². The minimum Gasteiger partial charge on any atom is -0.444 e.